The van der Waals surface area contributed by atoms with Crippen LogP contribution in [-0.2, 0) is 9.59 Å². The quantitative estimate of drug-likeness (QED) is 0.585. The van der Waals surface area contributed by atoms with Crippen LogP contribution in [0.4, 0.5) is 0 Å². The van der Waals surface area contributed by atoms with Gasteiger partial charge in [0.25, 0.3) is 0 Å². The minimum absolute atomic E-state index is 0.0357. The van der Waals surface area contributed by atoms with E-state index in [0.29, 0.717) is 6.42 Å². The molecule has 2 N–H and O–H groups in total. The third-order valence-electron chi connectivity index (χ3n) is 1.11. The Morgan fingerprint density at radius 2 is 2.00 bits per heavy atom. The number of ketones is 1. The highest BCUT2D eigenvalue weighted by Crippen LogP contribution is 1.95. The molecule has 0 saturated heterocycles. The van der Waals surface area contributed by atoms with E-state index in [0.717, 1.165) is 0 Å². The Balaban J connectivity index is 3.24. The number of hydrogen-bond donors (Lipinski definition) is 2. The average Bonchev–Trinajstić information content (AvgIpc) is 1.87. The predicted molar refractivity (Wildman–Crippen MR) is 40.3 cm³/mol. The van der Waals surface area contributed by atoms with Crippen molar-refractivity contribution >= 4 is 23.5 Å². The van der Waals surface area contributed by atoms with Gasteiger partial charge < -0.3 is 5.11 Å². The summed E-state index contributed by atoms with van der Waals surface area (Å²) >= 11 is 5.05. The third-order valence-corrected chi connectivity index (χ3v) is 1.24. The topological polar surface area (TPSA) is 66.4 Å². The van der Waals surface area contributed by atoms with Crippen LogP contribution in [0.25, 0.3) is 0 Å². The number of rotatable bonds is 6. The van der Waals surface area contributed by atoms with E-state index in [9.17, 15) is 9.59 Å². The third kappa shape index (κ3) is 7.29. The lowest BCUT2D eigenvalue weighted by Crippen LogP contribution is -2.14. The molecular weight excluding hydrogens is 170 g/mol. The van der Waals surface area contributed by atoms with Crippen LogP contribution in [0.1, 0.15) is 19.3 Å². The first-order chi connectivity index (χ1) is 5.16. The molecule has 64 valence electrons. The fourth-order valence-corrected chi connectivity index (χ4v) is 0.749. The van der Waals surface area contributed by atoms with E-state index < -0.39 is 5.97 Å². The highest BCUT2D eigenvalue weighted by atomic mass is 35.5. The minimum atomic E-state index is -0.878. The lowest BCUT2D eigenvalue weighted by atomic mass is 10.2. The standard InChI is InChI=1S/C6H10ClNO3/c7-8-4-5(9)2-1-3-6(10)11/h8H,1-4H2,(H,10,11). The van der Waals surface area contributed by atoms with Crippen molar-refractivity contribution in [1.82, 2.24) is 4.84 Å². The van der Waals surface area contributed by atoms with Gasteiger partial charge in [-0.05, 0) is 18.2 Å². The molecule has 0 rings (SSSR count). The largest absolute Gasteiger partial charge is 0.481 e. The Labute approximate surface area is 69.6 Å². The summed E-state index contributed by atoms with van der Waals surface area (Å²) in [5.74, 6) is -0.946. The van der Waals surface area contributed by atoms with E-state index in [-0.39, 0.29) is 25.2 Å². The molecule has 0 aliphatic carbocycles. The Hall–Kier alpha value is -0.610. The average molecular weight is 180 g/mol. The van der Waals surface area contributed by atoms with Gasteiger partial charge in [-0.15, -0.1) is 0 Å². The second-order valence-corrected chi connectivity index (χ2v) is 2.36. The molecule has 0 unspecified atom stereocenters. The maximum atomic E-state index is 10.7. The second kappa shape index (κ2) is 6.12. The van der Waals surface area contributed by atoms with Gasteiger partial charge in [0.15, 0.2) is 0 Å². The van der Waals surface area contributed by atoms with Crippen molar-refractivity contribution in [2.24, 2.45) is 0 Å². The van der Waals surface area contributed by atoms with Gasteiger partial charge in [0, 0.05) is 12.8 Å². The van der Waals surface area contributed by atoms with Crippen molar-refractivity contribution in [3.05, 3.63) is 0 Å². The summed E-state index contributed by atoms with van der Waals surface area (Å²) in [6, 6.07) is 0. The molecule has 0 aromatic heterocycles. The van der Waals surface area contributed by atoms with Gasteiger partial charge in [0.1, 0.15) is 5.78 Å². The van der Waals surface area contributed by atoms with E-state index in [1.807, 2.05) is 0 Å². The molecule has 0 heterocycles. The van der Waals surface area contributed by atoms with Crippen molar-refractivity contribution in [1.29, 1.82) is 0 Å². The molecule has 5 heteroatoms. The monoisotopic (exact) mass is 179 g/mol. The molecule has 0 aromatic carbocycles. The van der Waals surface area contributed by atoms with E-state index in [1.54, 1.807) is 0 Å². The molecule has 0 atom stereocenters. The van der Waals surface area contributed by atoms with Crippen molar-refractivity contribution in [2.75, 3.05) is 6.54 Å². The number of aliphatic carboxylic acids is 1. The van der Waals surface area contributed by atoms with Crippen LogP contribution in [0.5, 0.6) is 0 Å². The van der Waals surface area contributed by atoms with Crippen LogP contribution < -0.4 is 4.84 Å². The van der Waals surface area contributed by atoms with Gasteiger partial charge >= 0.3 is 5.97 Å². The Kier molecular flexibility index (Phi) is 5.78. The van der Waals surface area contributed by atoms with Crippen molar-refractivity contribution in [3.63, 3.8) is 0 Å². The molecule has 11 heavy (non-hydrogen) atoms. The molecule has 0 fully saturated rings. The Morgan fingerprint density at radius 3 is 2.45 bits per heavy atom. The maximum absolute atomic E-state index is 10.7. The lowest BCUT2D eigenvalue weighted by Gasteiger charge is -1.95. The zero-order chi connectivity index (χ0) is 8.69. The molecule has 0 aliphatic rings. The van der Waals surface area contributed by atoms with Gasteiger partial charge in [-0.25, -0.2) is 4.84 Å². The van der Waals surface area contributed by atoms with Gasteiger partial charge in [0.2, 0.25) is 0 Å². The van der Waals surface area contributed by atoms with Crippen LogP contribution in [-0.4, -0.2) is 23.4 Å². The van der Waals surface area contributed by atoms with Crippen LogP contribution in [0.15, 0.2) is 0 Å². The zero-order valence-electron chi connectivity index (χ0n) is 5.97. The smallest absolute Gasteiger partial charge is 0.303 e. The SMILES string of the molecule is O=C(O)CCCC(=O)CNCl. The summed E-state index contributed by atoms with van der Waals surface area (Å²) < 4.78 is 0. The normalized spacial score (nSPS) is 9.55. The van der Waals surface area contributed by atoms with Gasteiger partial charge in [-0.2, -0.15) is 0 Å². The molecule has 0 amide bonds. The first-order valence-electron chi connectivity index (χ1n) is 3.24. The lowest BCUT2D eigenvalue weighted by molar-refractivity contribution is -0.137. The maximum Gasteiger partial charge on any atom is 0.303 e. The zero-order valence-corrected chi connectivity index (χ0v) is 6.73. The second-order valence-electron chi connectivity index (χ2n) is 2.10. The van der Waals surface area contributed by atoms with Gasteiger partial charge in [-0.3, -0.25) is 9.59 Å². The number of Topliss-reactive ketones (excluding diaryl/α,β-unsaturated/α-hetero) is 1. The first-order valence-corrected chi connectivity index (χ1v) is 3.61. The van der Waals surface area contributed by atoms with E-state index in [4.69, 9.17) is 16.9 Å². The van der Waals surface area contributed by atoms with Crippen molar-refractivity contribution < 1.29 is 14.7 Å². The summed E-state index contributed by atoms with van der Waals surface area (Å²) in [7, 11) is 0. The molecule has 0 radical (unpaired) electrons. The van der Waals surface area contributed by atoms with E-state index >= 15 is 0 Å². The number of carboxylic acids is 1. The molecule has 0 aromatic rings. The van der Waals surface area contributed by atoms with Crippen LogP contribution in [0.3, 0.4) is 0 Å². The summed E-state index contributed by atoms with van der Waals surface area (Å²) in [5, 5.41) is 8.20. The van der Waals surface area contributed by atoms with Crippen LogP contribution >= 0.6 is 11.8 Å². The first kappa shape index (κ1) is 10.4. The molecular formula is C6H10ClNO3. The molecule has 0 saturated carbocycles. The van der Waals surface area contributed by atoms with Gasteiger partial charge in [0.05, 0.1) is 6.54 Å². The van der Waals surface area contributed by atoms with Gasteiger partial charge in [-0.1, -0.05) is 0 Å². The van der Waals surface area contributed by atoms with Crippen LogP contribution in [0, 0.1) is 0 Å². The molecule has 0 spiro atoms. The number of nitrogens with one attached hydrogen (secondary N) is 1. The molecule has 0 bridgehead atoms. The number of halogens is 1. The highest BCUT2D eigenvalue weighted by Gasteiger charge is 2.02. The fourth-order valence-electron chi connectivity index (χ4n) is 0.600. The molecule has 0 aliphatic heterocycles. The van der Waals surface area contributed by atoms with Crippen molar-refractivity contribution in [2.45, 2.75) is 19.3 Å². The summed E-state index contributed by atoms with van der Waals surface area (Å²) in [4.78, 5) is 22.9. The van der Waals surface area contributed by atoms with Crippen LogP contribution in [0.2, 0.25) is 0 Å². The summed E-state index contributed by atoms with van der Waals surface area (Å²) in [6.45, 7) is 0.0984. The number of hydrogen-bond acceptors (Lipinski definition) is 3. The number of carboxylic acid groups (broad SMARTS) is 1. The summed E-state index contributed by atoms with van der Waals surface area (Å²) in [5.41, 5.74) is 0. The predicted octanol–water partition coefficient (Wildman–Crippen LogP) is 0.554. The van der Waals surface area contributed by atoms with Crippen molar-refractivity contribution in [3.8, 4) is 0 Å². The highest BCUT2D eigenvalue weighted by molar-refractivity contribution is 6.14. The summed E-state index contributed by atoms with van der Waals surface area (Å²) in [6.07, 6.45) is 0.687. The Bertz CT molecular complexity index is 149. The Morgan fingerprint density at radius 1 is 1.36 bits per heavy atom. The fraction of sp³-hybridized carbons (Fsp3) is 0.667. The molecule has 4 nitrogen and oxygen atoms in total. The number of carbonyl (C=O) groups excluding carboxylic acids is 1. The van der Waals surface area contributed by atoms with E-state index in [2.05, 4.69) is 4.84 Å². The van der Waals surface area contributed by atoms with E-state index in [1.165, 1.54) is 0 Å². The minimum Gasteiger partial charge on any atom is -0.481 e. The number of carbonyl (C=O) groups is 2.